The number of aromatic hydroxyl groups is 1. The van der Waals surface area contributed by atoms with E-state index in [-0.39, 0.29) is 6.10 Å². The van der Waals surface area contributed by atoms with Gasteiger partial charge in [-0.1, -0.05) is 13.8 Å². The van der Waals surface area contributed by atoms with E-state index >= 15 is 0 Å². The van der Waals surface area contributed by atoms with E-state index in [2.05, 4.69) is 19.2 Å². The number of nitro groups is 3. The van der Waals surface area contributed by atoms with Crippen LogP contribution < -0.4 is 5.32 Å². The molecule has 0 aliphatic carbocycles. The normalized spacial score (nSPS) is 11.4. The number of nitrogens with one attached hydrogen (secondary N) is 1. The van der Waals surface area contributed by atoms with Crippen molar-refractivity contribution in [2.24, 2.45) is 5.92 Å². The van der Waals surface area contributed by atoms with Crippen LogP contribution in [0.4, 0.5) is 17.1 Å². The molecule has 26 heavy (non-hydrogen) atoms. The zero-order valence-electron chi connectivity index (χ0n) is 14.6. The molecule has 1 atom stereocenters. The average molecular weight is 374 g/mol. The maximum Gasteiger partial charge on any atom is 0.324 e. The summed E-state index contributed by atoms with van der Waals surface area (Å²) in [5.41, 5.74) is -3.00. The third kappa shape index (κ3) is 8.30. The van der Waals surface area contributed by atoms with E-state index in [9.17, 15) is 30.3 Å². The number of hydrogen-bond acceptors (Lipinski definition) is 9. The predicted octanol–water partition coefficient (Wildman–Crippen LogP) is 2.12. The maximum absolute atomic E-state index is 10.4. The number of hydrogen-bond donors (Lipinski definition) is 3. The molecule has 0 radical (unpaired) electrons. The number of aliphatic hydroxyl groups excluding tert-OH is 1. The van der Waals surface area contributed by atoms with Crippen LogP contribution in [0.2, 0.25) is 0 Å². The van der Waals surface area contributed by atoms with Crippen LogP contribution in [-0.2, 0) is 0 Å². The molecule has 146 valence electrons. The van der Waals surface area contributed by atoms with Crippen LogP contribution in [0.25, 0.3) is 0 Å². The fourth-order valence-electron chi connectivity index (χ4n) is 1.68. The van der Waals surface area contributed by atoms with Crippen molar-refractivity contribution in [2.45, 2.75) is 33.3 Å². The second-order valence-electron chi connectivity index (χ2n) is 5.84. The number of phenolic OH excluding ortho intramolecular Hbond substituents is 1. The van der Waals surface area contributed by atoms with E-state index in [1.54, 1.807) is 6.92 Å². The van der Waals surface area contributed by atoms with Crippen molar-refractivity contribution in [3.8, 4) is 5.75 Å². The number of aliphatic hydroxyl groups is 1. The Morgan fingerprint density at radius 1 is 1.00 bits per heavy atom. The second-order valence-corrected chi connectivity index (χ2v) is 5.84. The van der Waals surface area contributed by atoms with Gasteiger partial charge in [-0.2, -0.15) is 0 Å². The quantitative estimate of drug-likeness (QED) is 0.348. The van der Waals surface area contributed by atoms with Crippen molar-refractivity contribution in [3.63, 3.8) is 0 Å². The van der Waals surface area contributed by atoms with Crippen molar-refractivity contribution < 1.29 is 25.0 Å². The smallest absolute Gasteiger partial charge is 0.324 e. The molecule has 1 unspecified atom stereocenters. The van der Waals surface area contributed by atoms with Crippen LogP contribution in [0, 0.1) is 36.3 Å². The summed E-state index contributed by atoms with van der Waals surface area (Å²) in [7, 11) is 0. The molecule has 0 bridgehead atoms. The lowest BCUT2D eigenvalue weighted by Crippen LogP contribution is -2.25. The minimum absolute atomic E-state index is 0.216. The van der Waals surface area contributed by atoms with E-state index in [4.69, 9.17) is 10.2 Å². The first-order valence-corrected chi connectivity index (χ1v) is 7.66. The van der Waals surface area contributed by atoms with Crippen LogP contribution in [0.15, 0.2) is 12.1 Å². The standard InChI is InChI=1S/C8H19NO.C6H3N3O7/c1-7(2)4-5-9-6-8(3)10;10-6-4(8(13)14)1-3(7(11)12)2-5(6)9(15)16/h7-10H,4-6H2,1-3H3;1-2,10H. The molecule has 1 aromatic carbocycles. The molecule has 0 amide bonds. The molecule has 0 aromatic heterocycles. The molecule has 1 rings (SSSR count). The third-order valence-corrected chi connectivity index (χ3v) is 3.00. The summed E-state index contributed by atoms with van der Waals surface area (Å²) in [6.07, 6.45) is 0.972. The minimum Gasteiger partial charge on any atom is -0.497 e. The van der Waals surface area contributed by atoms with Crippen LogP contribution >= 0.6 is 0 Å². The monoisotopic (exact) mass is 374 g/mol. The maximum atomic E-state index is 10.4. The Kier molecular flexibility index (Phi) is 9.69. The lowest BCUT2D eigenvalue weighted by Gasteiger charge is -2.07. The van der Waals surface area contributed by atoms with Gasteiger partial charge < -0.3 is 15.5 Å². The van der Waals surface area contributed by atoms with Gasteiger partial charge in [-0.3, -0.25) is 30.3 Å². The first-order chi connectivity index (χ1) is 12.0. The topological polar surface area (TPSA) is 182 Å². The zero-order chi connectivity index (χ0) is 20.4. The number of nitro benzene ring substituents is 3. The van der Waals surface area contributed by atoms with Crippen LogP contribution in [0.1, 0.15) is 27.2 Å². The number of rotatable bonds is 8. The van der Waals surface area contributed by atoms with Crippen molar-refractivity contribution >= 4 is 17.1 Å². The average Bonchev–Trinajstić information content (AvgIpc) is 2.51. The van der Waals surface area contributed by atoms with E-state index in [1.165, 1.54) is 6.42 Å². The van der Waals surface area contributed by atoms with Crippen molar-refractivity contribution in [1.29, 1.82) is 0 Å². The molecule has 12 nitrogen and oxygen atoms in total. The number of benzene rings is 1. The molecule has 1 aromatic rings. The molecule has 12 heteroatoms. The summed E-state index contributed by atoms with van der Waals surface area (Å²) in [5, 5.41) is 52.2. The van der Waals surface area contributed by atoms with E-state index < -0.39 is 37.6 Å². The van der Waals surface area contributed by atoms with Gasteiger partial charge in [-0.25, -0.2) is 0 Å². The highest BCUT2D eigenvalue weighted by Gasteiger charge is 2.30. The summed E-state index contributed by atoms with van der Waals surface area (Å²) in [4.78, 5) is 27.8. The third-order valence-electron chi connectivity index (χ3n) is 3.00. The molecular weight excluding hydrogens is 352 g/mol. The second kappa shape index (κ2) is 10.9. The van der Waals surface area contributed by atoms with E-state index in [1.807, 2.05) is 0 Å². The molecule has 0 fully saturated rings. The molecule has 0 spiro atoms. The number of nitrogens with zero attached hydrogens (tertiary/aromatic N) is 3. The van der Waals surface area contributed by atoms with Crippen LogP contribution in [-0.4, -0.2) is 44.2 Å². The molecule has 0 saturated heterocycles. The van der Waals surface area contributed by atoms with Gasteiger partial charge in [-0.15, -0.1) is 0 Å². The summed E-state index contributed by atoms with van der Waals surface area (Å²) < 4.78 is 0. The molecule has 0 aliphatic heterocycles. The number of phenols is 1. The van der Waals surface area contributed by atoms with Gasteiger partial charge in [0.2, 0.25) is 0 Å². The molecule has 0 aliphatic rings. The SMILES string of the molecule is CC(C)CCNCC(C)O.O=[N+]([O-])c1cc([N+](=O)[O-])c(O)c([N+](=O)[O-])c1. The van der Waals surface area contributed by atoms with Crippen molar-refractivity contribution in [2.75, 3.05) is 13.1 Å². The Hall–Kier alpha value is -2.86. The molecule has 3 N–H and O–H groups in total. The Bertz CT molecular complexity index is 603. The lowest BCUT2D eigenvalue weighted by atomic mass is 10.1. The first-order valence-electron chi connectivity index (χ1n) is 7.66. The molecule has 0 saturated carbocycles. The van der Waals surface area contributed by atoms with Crippen molar-refractivity contribution in [1.82, 2.24) is 5.32 Å². The Labute approximate surface area is 148 Å². The summed E-state index contributed by atoms with van der Waals surface area (Å²) in [6, 6.07) is 0.894. The molecule has 0 heterocycles. The van der Waals surface area contributed by atoms with Gasteiger partial charge in [0, 0.05) is 6.54 Å². The number of non-ortho nitro benzene ring substituents is 1. The highest BCUT2D eigenvalue weighted by atomic mass is 16.6. The zero-order valence-corrected chi connectivity index (χ0v) is 14.6. The largest absolute Gasteiger partial charge is 0.497 e. The summed E-state index contributed by atoms with van der Waals surface area (Å²) in [5.74, 6) is -0.456. The Balaban J connectivity index is 0.000000541. The Morgan fingerprint density at radius 3 is 1.77 bits per heavy atom. The molecular formula is C14H22N4O8. The minimum atomic E-state index is -1.21. The van der Waals surface area contributed by atoms with Gasteiger partial charge in [-0.05, 0) is 25.8 Å². The van der Waals surface area contributed by atoms with Gasteiger partial charge >= 0.3 is 11.4 Å². The predicted molar refractivity (Wildman–Crippen MR) is 92.1 cm³/mol. The van der Waals surface area contributed by atoms with Crippen LogP contribution in [0.5, 0.6) is 5.75 Å². The summed E-state index contributed by atoms with van der Waals surface area (Å²) >= 11 is 0. The van der Waals surface area contributed by atoms with E-state index in [0.29, 0.717) is 18.7 Å². The Morgan fingerprint density at radius 2 is 1.46 bits per heavy atom. The fourth-order valence-corrected chi connectivity index (χ4v) is 1.68. The van der Waals surface area contributed by atoms with Crippen molar-refractivity contribution in [3.05, 3.63) is 42.5 Å². The first kappa shape index (κ1) is 23.1. The van der Waals surface area contributed by atoms with Crippen LogP contribution in [0.3, 0.4) is 0 Å². The van der Waals surface area contributed by atoms with Gasteiger partial charge in [0.05, 0.1) is 33.0 Å². The van der Waals surface area contributed by atoms with Gasteiger partial charge in [0.25, 0.3) is 11.4 Å². The lowest BCUT2D eigenvalue weighted by molar-refractivity contribution is -0.404. The fraction of sp³-hybridized carbons (Fsp3) is 0.571. The highest BCUT2D eigenvalue weighted by Crippen LogP contribution is 2.38. The summed E-state index contributed by atoms with van der Waals surface area (Å²) in [6.45, 7) is 7.92. The van der Waals surface area contributed by atoms with Gasteiger partial charge in [0.1, 0.15) is 0 Å². The van der Waals surface area contributed by atoms with E-state index in [0.717, 1.165) is 12.5 Å². The highest BCUT2D eigenvalue weighted by molar-refractivity contribution is 5.64. The van der Waals surface area contributed by atoms with Gasteiger partial charge in [0.15, 0.2) is 0 Å².